The predicted octanol–water partition coefficient (Wildman–Crippen LogP) is 1.33. The minimum absolute atomic E-state index is 0.236. The molecule has 1 aliphatic rings. The first-order valence-electron chi connectivity index (χ1n) is 6.02. The Balaban J connectivity index is 2.47. The lowest BCUT2D eigenvalue weighted by molar-refractivity contribution is -0.158. The molecule has 16 heavy (non-hydrogen) atoms. The van der Waals surface area contributed by atoms with E-state index in [1.165, 1.54) is 6.92 Å². The average Bonchev–Trinajstić information content (AvgIpc) is 2.94. The van der Waals surface area contributed by atoms with Gasteiger partial charge in [0.15, 0.2) is 5.60 Å². The standard InChI is InChI=1S/C12H23NO3/c1-9(2)6-7-13(10-4-5-10)8-12(3,16)11(14)15/h9-10,16H,4-8H2,1-3H3,(H,14,15). The molecule has 4 nitrogen and oxygen atoms in total. The fraction of sp³-hybridized carbons (Fsp3) is 0.917. The monoisotopic (exact) mass is 229 g/mol. The summed E-state index contributed by atoms with van der Waals surface area (Å²) in [5.74, 6) is -0.529. The minimum Gasteiger partial charge on any atom is -0.479 e. The van der Waals surface area contributed by atoms with Crippen molar-refractivity contribution in [1.82, 2.24) is 4.90 Å². The molecule has 1 aliphatic carbocycles. The van der Waals surface area contributed by atoms with Crippen molar-refractivity contribution in [2.45, 2.75) is 51.7 Å². The Hall–Kier alpha value is -0.610. The summed E-state index contributed by atoms with van der Waals surface area (Å²) in [7, 11) is 0. The molecule has 0 saturated heterocycles. The number of carboxylic acid groups (broad SMARTS) is 1. The first kappa shape index (κ1) is 13.5. The first-order chi connectivity index (χ1) is 7.33. The summed E-state index contributed by atoms with van der Waals surface area (Å²) in [5, 5.41) is 18.7. The molecular formula is C12H23NO3. The van der Waals surface area contributed by atoms with Crippen LogP contribution in [0.3, 0.4) is 0 Å². The van der Waals surface area contributed by atoms with E-state index >= 15 is 0 Å². The Labute approximate surface area is 97.3 Å². The Kier molecular flexibility index (Phi) is 4.33. The van der Waals surface area contributed by atoms with Crippen LogP contribution in [0.1, 0.15) is 40.0 Å². The van der Waals surface area contributed by atoms with Crippen molar-refractivity contribution in [3.8, 4) is 0 Å². The summed E-state index contributed by atoms with van der Waals surface area (Å²) < 4.78 is 0. The molecule has 1 atom stereocenters. The molecular weight excluding hydrogens is 206 g/mol. The van der Waals surface area contributed by atoms with Crippen LogP contribution in [0, 0.1) is 5.92 Å². The Morgan fingerprint density at radius 2 is 2.06 bits per heavy atom. The number of rotatable bonds is 7. The normalized spacial score (nSPS) is 20.1. The molecule has 0 radical (unpaired) electrons. The number of nitrogens with zero attached hydrogens (tertiary/aromatic N) is 1. The molecule has 0 aromatic heterocycles. The fourth-order valence-corrected chi connectivity index (χ4v) is 1.72. The van der Waals surface area contributed by atoms with Gasteiger partial charge in [-0.15, -0.1) is 0 Å². The molecule has 1 unspecified atom stereocenters. The summed E-state index contributed by atoms with van der Waals surface area (Å²) in [5.41, 5.74) is -1.63. The Morgan fingerprint density at radius 3 is 2.44 bits per heavy atom. The largest absolute Gasteiger partial charge is 0.479 e. The van der Waals surface area contributed by atoms with Crippen molar-refractivity contribution in [3.63, 3.8) is 0 Å². The summed E-state index contributed by atoms with van der Waals surface area (Å²) >= 11 is 0. The van der Waals surface area contributed by atoms with Crippen molar-refractivity contribution >= 4 is 5.97 Å². The van der Waals surface area contributed by atoms with Crippen molar-refractivity contribution in [2.24, 2.45) is 5.92 Å². The maximum atomic E-state index is 10.9. The summed E-state index contributed by atoms with van der Waals surface area (Å²) in [6.07, 6.45) is 3.31. The predicted molar refractivity (Wildman–Crippen MR) is 62.3 cm³/mol. The smallest absolute Gasteiger partial charge is 0.336 e. The Bertz CT molecular complexity index is 247. The van der Waals surface area contributed by atoms with Crippen LogP contribution in [-0.4, -0.2) is 45.8 Å². The highest BCUT2D eigenvalue weighted by Crippen LogP contribution is 2.28. The second-order valence-electron chi connectivity index (χ2n) is 5.46. The molecule has 4 heteroatoms. The van der Waals surface area contributed by atoms with Crippen LogP contribution < -0.4 is 0 Å². The van der Waals surface area contributed by atoms with E-state index in [1.54, 1.807) is 0 Å². The molecule has 0 spiro atoms. The number of aliphatic hydroxyl groups is 1. The van der Waals surface area contributed by atoms with Gasteiger partial charge in [0.1, 0.15) is 0 Å². The summed E-state index contributed by atoms with van der Waals surface area (Å²) in [4.78, 5) is 13.0. The topological polar surface area (TPSA) is 60.8 Å². The second-order valence-corrected chi connectivity index (χ2v) is 5.46. The van der Waals surface area contributed by atoms with Crippen LogP contribution in [0.5, 0.6) is 0 Å². The third kappa shape index (κ3) is 4.10. The van der Waals surface area contributed by atoms with E-state index < -0.39 is 11.6 Å². The lowest BCUT2D eigenvalue weighted by Crippen LogP contribution is -2.47. The number of carboxylic acids is 1. The fourth-order valence-electron chi connectivity index (χ4n) is 1.72. The van der Waals surface area contributed by atoms with E-state index in [1.807, 2.05) is 0 Å². The molecule has 2 N–H and O–H groups in total. The van der Waals surface area contributed by atoms with Crippen LogP contribution in [-0.2, 0) is 4.79 Å². The average molecular weight is 229 g/mol. The van der Waals surface area contributed by atoms with E-state index in [2.05, 4.69) is 18.7 Å². The highest BCUT2D eigenvalue weighted by molar-refractivity contribution is 5.76. The zero-order valence-corrected chi connectivity index (χ0v) is 10.4. The Morgan fingerprint density at radius 1 is 1.50 bits per heavy atom. The van der Waals surface area contributed by atoms with E-state index in [0.717, 1.165) is 25.8 Å². The van der Waals surface area contributed by atoms with Crippen LogP contribution in [0.25, 0.3) is 0 Å². The molecule has 1 fully saturated rings. The van der Waals surface area contributed by atoms with Gasteiger partial charge in [-0.25, -0.2) is 4.79 Å². The van der Waals surface area contributed by atoms with Crippen molar-refractivity contribution in [1.29, 1.82) is 0 Å². The first-order valence-corrected chi connectivity index (χ1v) is 6.02. The molecule has 0 aromatic carbocycles. The third-order valence-electron chi connectivity index (χ3n) is 3.03. The summed E-state index contributed by atoms with van der Waals surface area (Å²) in [6, 6.07) is 0.490. The van der Waals surface area contributed by atoms with Crippen molar-refractivity contribution in [3.05, 3.63) is 0 Å². The lowest BCUT2D eigenvalue weighted by atomic mass is 10.1. The molecule has 94 valence electrons. The molecule has 0 bridgehead atoms. The number of hydrogen-bond donors (Lipinski definition) is 2. The van der Waals surface area contributed by atoms with Gasteiger partial charge < -0.3 is 10.2 Å². The maximum absolute atomic E-state index is 10.9. The highest BCUT2D eigenvalue weighted by Gasteiger charge is 2.37. The van der Waals surface area contributed by atoms with Crippen molar-refractivity contribution < 1.29 is 15.0 Å². The number of carbonyl (C=O) groups is 1. The van der Waals surface area contributed by atoms with E-state index in [9.17, 15) is 9.90 Å². The quantitative estimate of drug-likeness (QED) is 0.691. The highest BCUT2D eigenvalue weighted by atomic mass is 16.4. The van der Waals surface area contributed by atoms with Gasteiger partial charge in [0.05, 0.1) is 0 Å². The zero-order valence-electron chi connectivity index (χ0n) is 10.4. The number of hydrogen-bond acceptors (Lipinski definition) is 3. The van der Waals surface area contributed by atoms with Gasteiger partial charge >= 0.3 is 5.97 Å². The minimum atomic E-state index is -1.63. The van der Waals surface area contributed by atoms with Gasteiger partial charge in [0, 0.05) is 12.6 Å². The molecule has 1 rings (SSSR count). The second kappa shape index (κ2) is 5.15. The van der Waals surface area contributed by atoms with Crippen molar-refractivity contribution in [2.75, 3.05) is 13.1 Å². The van der Waals surface area contributed by atoms with Gasteiger partial charge in [0.2, 0.25) is 0 Å². The van der Waals surface area contributed by atoms with E-state index in [4.69, 9.17) is 5.11 Å². The van der Waals surface area contributed by atoms with Crippen LogP contribution in [0.15, 0.2) is 0 Å². The van der Waals surface area contributed by atoms with Gasteiger partial charge in [-0.05, 0) is 38.6 Å². The van der Waals surface area contributed by atoms with Gasteiger partial charge in [-0.1, -0.05) is 13.8 Å². The van der Waals surface area contributed by atoms with Crippen LogP contribution in [0.2, 0.25) is 0 Å². The van der Waals surface area contributed by atoms with Gasteiger partial charge in [-0.2, -0.15) is 0 Å². The zero-order chi connectivity index (χ0) is 12.3. The number of aliphatic carboxylic acids is 1. The van der Waals surface area contributed by atoms with Crippen LogP contribution in [0.4, 0.5) is 0 Å². The van der Waals surface area contributed by atoms with Crippen LogP contribution >= 0.6 is 0 Å². The molecule has 0 amide bonds. The van der Waals surface area contributed by atoms with Gasteiger partial charge in [-0.3, -0.25) is 4.90 Å². The maximum Gasteiger partial charge on any atom is 0.336 e. The molecule has 1 saturated carbocycles. The molecule has 0 heterocycles. The summed E-state index contributed by atoms with van der Waals surface area (Å²) in [6.45, 7) is 6.80. The third-order valence-corrected chi connectivity index (χ3v) is 3.03. The van der Waals surface area contributed by atoms with Gasteiger partial charge in [0.25, 0.3) is 0 Å². The molecule has 0 aliphatic heterocycles. The van der Waals surface area contributed by atoms with E-state index in [-0.39, 0.29) is 6.54 Å². The SMILES string of the molecule is CC(C)CCN(CC(C)(O)C(=O)O)C1CC1. The molecule has 0 aromatic rings. The van der Waals surface area contributed by atoms with E-state index in [0.29, 0.717) is 12.0 Å². The lowest BCUT2D eigenvalue weighted by Gasteiger charge is -2.29.